The predicted octanol–water partition coefficient (Wildman–Crippen LogP) is 2.29. The van der Waals surface area contributed by atoms with E-state index < -0.39 is 10.0 Å². The van der Waals surface area contributed by atoms with Gasteiger partial charge in [-0.25, -0.2) is 8.42 Å². The lowest BCUT2D eigenvalue weighted by atomic mass is 10.2. The number of carbonyl (C=O) groups is 1. The molecular weight excluding hydrogens is 436 g/mol. The molecule has 166 valence electrons. The summed E-state index contributed by atoms with van der Waals surface area (Å²) in [7, 11) is -3.15. The molecule has 0 radical (unpaired) electrons. The highest BCUT2D eigenvalue weighted by Crippen LogP contribution is 2.20. The summed E-state index contributed by atoms with van der Waals surface area (Å²) < 4.78 is 30.1. The first-order chi connectivity index (χ1) is 14.8. The molecule has 31 heavy (non-hydrogen) atoms. The van der Waals surface area contributed by atoms with Crippen LogP contribution in [0.5, 0.6) is 5.75 Å². The highest BCUT2D eigenvalue weighted by atomic mass is 32.2. The Kier molecular flexibility index (Phi) is 7.47. The molecule has 2 N–H and O–H groups in total. The van der Waals surface area contributed by atoms with Crippen LogP contribution in [0.15, 0.2) is 48.5 Å². The van der Waals surface area contributed by atoms with Gasteiger partial charge in [0, 0.05) is 43.1 Å². The van der Waals surface area contributed by atoms with Crippen molar-refractivity contribution in [1.82, 2.24) is 9.62 Å². The molecule has 0 aromatic heterocycles. The van der Waals surface area contributed by atoms with Crippen molar-refractivity contribution in [3.8, 4) is 5.75 Å². The standard InChI is InChI=1S/C21H26N4O4S2/c1-3-29-19-10-4-16(5-11-19)20(26)23-21(30)22-17-6-8-18(9-7-17)24-12-14-25(15-13-24)31(2,27)28/h4-11H,3,12-15H2,1-2H3,(H2,22,23,26,30). The molecule has 1 aliphatic heterocycles. The van der Waals surface area contributed by atoms with E-state index in [-0.39, 0.29) is 11.0 Å². The molecule has 0 bridgehead atoms. The molecular formula is C21H26N4O4S2. The van der Waals surface area contributed by atoms with Gasteiger partial charge >= 0.3 is 0 Å². The second kappa shape index (κ2) is 10.1. The van der Waals surface area contributed by atoms with E-state index in [9.17, 15) is 13.2 Å². The van der Waals surface area contributed by atoms with Crippen molar-refractivity contribution < 1.29 is 17.9 Å². The van der Waals surface area contributed by atoms with Crippen molar-refractivity contribution in [2.24, 2.45) is 0 Å². The summed E-state index contributed by atoms with van der Waals surface area (Å²) in [6, 6.07) is 14.5. The zero-order valence-corrected chi connectivity index (χ0v) is 19.1. The number of rotatable bonds is 6. The fourth-order valence-corrected chi connectivity index (χ4v) is 4.28. The monoisotopic (exact) mass is 462 g/mol. The third kappa shape index (κ3) is 6.39. The number of thiocarbonyl (C=S) groups is 1. The first-order valence-corrected chi connectivity index (χ1v) is 12.2. The normalized spacial score (nSPS) is 14.7. The quantitative estimate of drug-likeness (QED) is 0.637. The zero-order chi connectivity index (χ0) is 22.4. The lowest BCUT2D eigenvalue weighted by Crippen LogP contribution is -2.48. The van der Waals surface area contributed by atoms with E-state index in [2.05, 4.69) is 15.5 Å². The summed E-state index contributed by atoms with van der Waals surface area (Å²) in [6.07, 6.45) is 1.24. The van der Waals surface area contributed by atoms with Crippen molar-refractivity contribution in [2.75, 3.05) is 49.3 Å². The van der Waals surface area contributed by atoms with Crippen molar-refractivity contribution in [3.05, 3.63) is 54.1 Å². The van der Waals surface area contributed by atoms with E-state index in [1.54, 1.807) is 24.3 Å². The van der Waals surface area contributed by atoms with Crippen molar-refractivity contribution >= 4 is 44.6 Å². The molecule has 0 saturated carbocycles. The molecule has 1 heterocycles. The highest BCUT2D eigenvalue weighted by molar-refractivity contribution is 7.88. The highest BCUT2D eigenvalue weighted by Gasteiger charge is 2.23. The minimum absolute atomic E-state index is 0.202. The fourth-order valence-electron chi connectivity index (χ4n) is 3.24. The van der Waals surface area contributed by atoms with Crippen LogP contribution >= 0.6 is 12.2 Å². The fraction of sp³-hybridized carbons (Fsp3) is 0.333. The number of hydrogen-bond acceptors (Lipinski definition) is 6. The minimum atomic E-state index is -3.15. The number of ether oxygens (including phenoxy) is 1. The van der Waals surface area contributed by atoms with Crippen LogP contribution in [0.2, 0.25) is 0 Å². The van der Waals surface area contributed by atoms with Crippen molar-refractivity contribution in [2.45, 2.75) is 6.92 Å². The largest absolute Gasteiger partial charge is 0.494 e. The van der Waals surface area contributed by atoms with Gasteiger partial charge in [0.1, 0.15) is 5.75 Å². The van der Waals surface area contributed by atoms with Gasteiger partial charge in [0.05, 0.1) is 12.9 Å². The molecule has 3 rings (SSSR count). The number of hydrogen-bond donors (Lipinski definition) is 2. The summed E-state index contributed by atoms with van der Waals surface area (Å²) in [5, 5.41) is 5.86. The van der Waals surface area contributed by atoms with E-state index in [4.69, 9.17) is 17.0 Å². The van der Waals surface area contributed by atoms with Gasteiger partial charge in [-0.15, -0.1) is 0 Å². The van der Waals surface area contributed by atoms with E-state index in [0.29, 0.717) is 44.1 Å². The van der Waals surface area contributed by atoms with E-state index in [1.165, 1.54) is 10.6 Å². The molecule has 10 heteroatoms. The molecule has 1 saturated heterocycles. The molecule has 0 atom stereocenters. The average molecular weight is 463 g/mol. The summed E-state index contributed by atoms with van der Waals surface area (Å²) >= 11 is 5.24. The Hall–Kier alpha value is -2.69. The number of piperazine rings is 1. The Labute approximate surface area is 188 Å². The van der Waals surface area contributed by atoms with E-state index >= 15 is 0 Å². The van der Waals surface area contributed by atoms with Gasteiger partial charge in [-0.3, -0.25) is 10.1 Å². The molecule has 0 spiro atoms. The Bertz CT molecular complexity index is 1020. The number of amides is 1. The molecule has 2 aromatic carbocycles. The van der Waals surface area contributed by atoms with E-state index in [1.807, 2.05) is 31.2 Å². The average Bonchev–Trinajstić information content (AvgIpc) is 2.74. The Morgan fingerprint density at radius 2 is 1.65 bits per heavy atom. The van der Waals surface area contributed by atoms with Crippen LogP contribution in [-0.2, 0) is 10.0 Å². The summed E-state index contributed by atoms with van der Waals surface area (Å²) in [4.78, 5) is 14.5. The predicted molar refractivity (Wildman–Crippen MR) is 126 cm³/mol. The third-order valence-electron chi connectivity index (χ3n) is 4.85. The Morgan fingerprint density at radius 3 is 2.19 bits per heavy atom. The lowest BCUT2D eigenvalue weighted by molar-refractivity contribution is 0.0977. The zero-order valence-electron chi connectivity index (χ0n) is 17.5. The summed E-state index contributed by atoms with van der Waals surface area (Å²) in [6.45, 7) is 4.68. The lowest BCUT2D eigenvalue weighted by Gasteiger charge is -2.34. The molecule has 1 fully saturated rings. The molecule has 0 aliphatic carbocycles. The van der Waals surface area contributed by atoms with Gasteiger partial charge in [0.2, 0.25) is 10.0 Å². The molecule has 1 amide bonds. The number of carbonyl (C=O) groups excluding carboxylic acids is 1. The van der Waals surface area contributed by atoms with Gasteiger partial charge < -0.3 is 15.0 Å². The van der Waals surface area contributed by atoms with Gasteiger partial charge in [0.25, 0.3) is 5.91 Å². The van der Waals surface area contributed by atoms with Crippen LogP contribution in [0, 0.1) is 0 Å². The maximum Gasteiger partial charge on any atom is 0.257 e. The summed E-state index contributed by atoms with van der Waals surface area (Å²) in [5.41, 5.74) is 2.23. The van der Waals surface area contributed by atoms with Crippen LogP contribution in [0.1, 0.15) is 17.3 Å². The Morgan fingerprint density at radius 1 is 1.03 bits per heavy atom. The minimum Gasteiger partial charge on any atom is -0.494 e. The van der Waals surface area contributed by atoms with Crippen LogP contribution < -0.4 is 20.3 Å². The maximum atomic E-state index is 12.3. The third-order valence-corrected chi connectivity index (χ3v) is 6.36. The smallest absolute Gasteiger partial charge is 0.257 e. The number of nitrogens with one attached hydrogen (secondary N) is 2. The first-order valence-electron chi connectivity index (χ1n) is 9.91. The van der Waals surface area contributed by atoms with Crippen LogP contribution in [0.3, 0.4) is 0 Å². The second-order valence-electron chi connectivity index (χ2n) is 7.06. The van der Waals surface area contributed by atoms with E-state index in [0.717, 1.165) is 11.4 Å². The van der Waals surface area contributed by atoms with Crippen LogP contribution in [0.25, 0.3) is 0 Å². The van der Waals surface area contributed by atoms with Gasteiger partial charge in [-0.2, -0.15) is 4.31 Å². The molecule has 1 aliphatic rings. The van der Waals surface area contributed by atoms with Crippen molar-refractivity contribution in [3.63, 3.8) is 0 Å². The first kappa shape index (κ1) is 23.0. The summed E-state index contributed by atoms with van der Waals surface area (Å²) in [5.74, 6) is 0.401. The van der Waals surface area contributed by atoms with Crippen molar-refractivity contribution in [1.29, 1.82) is 0 Å². The van der Waals surface area contributed by atoms with Gasteiger partial charge in [0.15, 0.2) is 5.11 Å². The maximum absolute atomic E-state index is 12.3. The molecule has 2 aromatic rings. The van der Waals surface area contributed by atoms with Crippen LogP contribution in [-0.4, -0.2) is 62.8 Å². The van der Waals surface area contributed by atoms with Crippen LogP contribution in [0.4, 0.5) is 11.4 Å². The molecule has 8 nitrogen and oxygen atoms in total. The number of anilines is 2. The number of benzene rings is 2. The molecule has 0 unspecified atom stereocenters. The second-order valence-corrected chi connectivity index (χ2v) is 9.45. The van der Waals surface area contributed by atoms with Gasteiger partial charge in [-0.1, -0.05) is 0 Å². The topological polar surface area (TPSA) is 91.0 Å². The Balaban J connectivity index is 1.51. The van der Waals surface area contributed by atoms with Gasteiger partial charge in [-0.05, 0) is 67.7 Å². The SMILES string of the molecule is CCOc1ccc(C(=O)NC(=S)Nc2ccc(N3CCN(S(C)(=O)=O)CC3)cc2)cc1. The number of sulfonamides is 1. The number of nitrogens with zero attached hydrogens (tertiary/aromatic N) is 2.